The normalized spacial score (nSPS) is 10.9. The Morgan fingerprint density at radius 2 is 1.44 bits per heavy atom. The van der Waals surface area contributed by atoms with Crippen LogP contribution in [0, 0.1) is 6.92 Å². The number of hydrogen-bond acceptors (Lipinski definition) is 6. The van der Waals surface area contributed by atoms with Crippen molar-refractivity contribution in [3.8, 4) is 22.5 Å². The van der Waals surface area contributed by atoms with Crippen molar-refractivity contribution >= 4 is 28.3 Å². The Balaban J connectivity index is 1.46. The van der Waals surface area contributed by atoms with Crippen LogP contribution in [0.25, 0.3) is 33.5 Å². The van der Waals surface area contributed by atoms with Crippen molar-refractivity contribution in [1.29, 1.82) is 0 Å². The van der Waals surface area contributed by atoms with Crippen molar-refractivity contribution in [3.05, 3.63) is 101 Å². The van der Waals surface area contributed by atoms with Gasteiger partial charge in [0, 0.05) is 28.3 Å². The topological polar surface area (TPSA) is 94.0 Å². The summed E-state index contributed by atoms with van der Waals surface area (Å²) in [5.74, 6) is 0.225. The number of hydrogen-bond donors (Lipinski definition) is 2. The highest BCUT2D eigenvalue weighted by Crippen LogP contribution is 2.28. The van der Waals surface area contributed by atoms with Crippen molar-refractivity contribution in [2.45, 2.75) is 6.92 Å². The SMILES string of the molecule is Cc1ccc(-c2cc(-c3ccc(Nc4cc(=O)oc5ccccc45)cc3)nc(N)n2)cc1. The van der Waals surface area contributed by atoms with Gasteiger partial charge in [-0.3, -0.25) is 0 Å². The van der Waals surface area contributed by atoms with Gasteiger partial charge >= 0.3 is 5.63 Å². The zero-order valence-corrected chi connectivity index (χ0v) is 17.4. The van der Waals surface area contributed by atoms with E-state index < -0.39 is 5.63 Å². The summed E-state index contributed by atoms with van der Waals surface area (Å²) in [6.07, 6.45) is 0. The highest BCUT2D eigenvalue weighted by Gasteiger charge is 2.09. The molecule has 0 saturated carbocycles. The van der Waals surface area contributed by atoms with Gasteiger partial charge in [-0.1, -0.05) is 54.1 Å². The lowest BCUT2D eigenvalue weighted by Gasteiger charge is -2.10. The molecule has 5 rings (SSSR count). The maximum absolute atomic E-state index is 11.9. The highest BCUT2D eigenvalue weighted by atomic mass is 16.4. The lowest BCUT2D eigenvalue weighted by Crippen LogP contribution is -2.01. The van der Waals surface area contributed by atoms with Gasteiger partial charge < -0.3 is 15.5 Å². The van der Waals surface area contributed by atoms with Crippen LogP contribution in [0.4, 0.5) is 17.3 Å². The highest BCUT2D eigenvalue weighted by molar-refractivity contribution is 5.91. The van der Waals surface area contributed by atoms with Crippen LogP contribution >= 0.6 is 0 Å². The van der Waals surface area contributed by atoms with Crippen molar-refractivity contribution in [1.82, 2.24) is 9.97 Å². The van der Waals surface area contributed by atoms with Gasteiger partial charge in [0.1, 0.15) is 5.58 Å². The predicted octanol–water partition coefficient (Wildman–Crippen LogP) is 5.55. The number of aromatic nitrogens is 2. The molecule has 0 amide bonds. The molecule has 5 aromatic rings. The van der Waals surface area contributed by atoms with Crippen molar-refractivity contribution in [2.75, 3.05) is 11.1 Å². The number of nitrogen functional groups attached to an aromatic ring is 1. The second-order valence-electron chi connectivity index (χ2n) is 7.54. The first-order chi connectivity index (χ1) is 15.5. The van der Waals surface area contributed by atoms with Crippen LogP contribution in [0.15, 0.2) is 94.1 Å². The fraction of sp³-hybridized carbons (Fsp3) is 0.0385. The van der Waals surface area contributed by atoms with E-state index in [0.717, 1.165) is 33.6 Å². The molecule has 0 saturated heterocycles. The molecule has 2 heterocycles. The molecule has 6 heteroatoms. The number of anilines is 3. The zero-order chi connectivity index (χ0) is 22.1. The quantitative estimate of drug-likeness (QED) is 0.370. The van der Waals surface area contributed by atoms with Gasteiger partial charge in [-0.25, -0.2) is 14.8 Å². The zero-order valence-electron chi connectivity index (χ0n) is 17.4. The first kappa shape index (κ1) is 19.5. The molecule has 6 nitrogen and oxygen atoms in total. The molecule has 0 aliphatic heterocycles. The number of aryl methyl sites for hydroxylation is 1. The molecule has 32 heavy (non-hydrogen) atoms. The first-order valence-electron chi connectivity index (χ1n) is 10.2. The van der Waals surface area contributed by atoms with E-state index in [4.69, 9.17) is 10.2 Å². The van der Waals surface area contributed by atoms with Crippen molar-refractivity contribution < 1.29 is 4.42 Å². The minimum Gasteiger partial charge on any atom is -0.423 e. The summed E-state index contributed by atoms with van der Waals surface area (Å²) in [5.41, 5.74) is 12.3. The van der Waals surface area contributed by atoms with Gasteiger partial charge in [-0.05, 0) is 37.3 Å². The van der Waals surface area contributed by atoms with E-state index in [1.165, 1.54) is 11.6 Å². The van der Waals surface area contributed by atoms with E-state index in [1.807, 2.05) is 79.7 Å². The van der Waals surface area contributed by atoms with E-state index in [2.05, 4.69) is 15.3 Å². The summed E-state index contributed by atoms with van der Waals surface area (Å²) in [5, 5.41) is 4.14. The Labute approximate surface area is 184 Å². The number of benzene rings is 3. The monoisotopic (exact) mass is 420 g/mol. The van der Waals surface area contributed by atoms with Crippen molar-refractivity contribution in [3.63, 3.8) is 0 Å². The fourth-order valence-corrected chi connectivity index (χ4v) is 3.58. The second kappa shape index (κ2) is 8.00. The van der Waals surface area contributed by atoms with E-state index in [1.54, 1.807) is 6.07 Å². The third-order valence-electron chi connectivity index (χ3n) is 5.20. The van der Waals surface area contributed by atoms with Gasteiger partial charge in [-0.15, -0.1) is 0 Å². The van der Waals surface area contributed by atoms with Gasteiger partial charge in [-0.2, -0.15) is 0 Å². The van der Waals surface area contributed by atoms with E-state index >= 15 is 0 Å². The predicted molar refractivity (Wildman–Crippen MR) is 128 cm³/mol. The maximum atomic E-state index is 11.9. The number of fused-ring (bicyclic) bond motifs is 1. The summed E-state index contributed by atoms with van der Waals surface area (Å²) >= 11 is 0. The Hall–Kier alpha value is -4.45. The summed E-state index contributed by atoms with van der Waals surface area (Å²) < 4.78 is 5.26. The van der Waals surface area contributed by atoms with Crippen LogP contribution in [-0.2, 0) is 0 Å². The molecular weight excluding hydrogens is 400 g/mol. The summed E-state index contributed by atoms with van der Waals surface area (Å²) in [7, 11) is 0. The molecule has 0 aliphatic rings. The molecule has 0 fully saturated rings. The standard InChI is InChI=1S/C26H20N4O2/c1-16-6-8-17(9-7-16)21-14-22(30-26(27)29-21)18-10-12-19(13-11-18)28-23-15-25(31)32-24-5-3-2-4-20(23)24/h2-15,28H,1H3,(H2,27,29,30). The van der Waals surface area contributed by atoms with Gasteiger partial charge in [0.2, 0.25) is 5.95 Å². The minimum absolute atomic E-state index is 0.225. The molecule has 0 bridgehead atoms. The lowest BCUT2D eigenvalue weighted by molar-refractivity contribution is 0.561. The van der Waals surface area contributed by atoms with Crippen LogP contribution in [0.2, 0.25) is 0 Å². The van der Waals surface area contributed by atoms with E-state index in [0.29, 0.717) is 11.3 Å². The third kappa shape index (κ3) is 3.94. The molecule has 0 atom stereocenters. The number of nitrogens with zero attached hydrogens (tertiary/aromatic N) is 2. The minimum atomic E-state index is -0.400. The second-order valence-corrected chi connectivity index (χ2v) is 7.54. The Bertz CT molecular complexity index is 1470. The molecule has 0 spiro atoms. The van der Waals surface area contributed by atoms with E-state index in [-0.39, 0.29) is 5.95 Å². The van der Waals surface area contributed by atoms with Crippen molar-refractivity contribution in [2.24, 2.45) is 0 Å². The largest absolute Gasteiger partial charge is 0.423 e. The number of para-hydroxylation sites is 1. The number of nitrogens with two attached hydrogens (primary N) is 1. The molecule has 0 aliphatic carbocycles. The average Bonchev–Trinajstić information content (AvgIpc) is 2.79. The lowest BCUT2D eigenvalue weighted by atomic mass is 10.1. The van der Waals surface area contributed by atoms with Gasteiger partial charge in [0.15, 0.2) is 0 Å². The number of nitrogens with one attached hydrogen (secondary N) is 1. The first-order valence-corrected chi connectivity index (χ1v) is 10.2. The third-order valence-corrected chi connectivity index (χ3v) is 5.20. The molecule has 0 radical (unpaired) electrons. The molecular formula is C26H20N4O2. The summed E-state index contributed by atoms with van der Waals surface area (Å²) in [4.78, 5) is 20.7. The Morgan fingerprint density at radius 1 is 0.812 bits per heavy atom. The molecule has 0 unspecified atom stereocenters. The smallest absolute Gasteiger partial charge is 0.338 e. The Kier molecular flexibility index (Phi) is 4.88. The van der Waals surface area contributed by atoms with Crippen LogP contribution in [-0.4, -0.2) is 9.97 Å². The maximum Gasteiger partial charge on any atom is 0.338 e. The Morgan fingerprint density at radius 3 is 2.12 bits per heavy atom. The van der Waals surface area contributed by atoms with Gasteiger partial charge in [0.05, 0.1) is 17.1 Å². The van der Waals surface area contributed by atoms with Gasteiger partial charge in [0.25, 0.3) is 0 Å². The number of rotatable bonds is 4. The van der Waals surface area contributed by atoms with Crippen LogP contribution in [0.3, 0.4) is 0 Å². The van der Waals surface area contributed by atoms with Crippen LogP contribution in [0.5, 0.6) is 0 Å². The fourth-order valence-electron chi connectivity index (χ4n) is 3.58. The molecule has 3 N–H and O–H groups in total. The van der Waals surface area contributed by atoms with Crippen LogP contribution < -0.4 is 16.7 Å². The molecule has 3 aromatic carbocycles. The molecule has 2 aromatic heterocycles. The summed E-state index contributed by atoms with van der Waals surface area (Å²) in [6, 6.07) is 26.7. The average molecular weight is 420 g/mol. The van der Waals surface area contributed by atoms with E-state index in [9.17, 15) is 4.79 Å². The summed E-state index contributed by atoms with van der Waals surface area (Å²) in [6.45, 7) is 2.05. The van der Waals surface area contributed by atoms with Crippen LogP contribution in [0.1, 0.15) is 5.56 Å². The molecule has 156 valence electrons.